The number of fused-ring (bicyclic) bond motifs is 2. The molecule has 1 saturated heterocycles. The first kappa shape index (κ1) is 35.3. The number of hydrogen-bond acceptors (Lipinski definition) is 7. The Balaban J connectivity index is 1.19. The summed E-state index contributed by atoms with van der Waals surface area (Å²) in [6, 6.07) is 0. The lowest BCUT2D eigenvalue weighted by molar-refractivity contribution is -0.183. The molecule has 6 aliphatic rings. The van der Waals surface area contributed by atoms with Crippen molar-refractivity contribution in [2.45, 2.75) is 131 Å². The largest absolute Gasteiger partial charge is 0.446 e. The number of morpholine rings is 1. The van der Waals surface area contributed by atoms with Crippen molar-refractivity contribution in [2.75, 3.05) is 40.5 Å². The molecule has 0 radical (unpaired) electrons. The zero-order chi connectivity index (χ0) is 34.2. The highest BCUT2D eigenvalue weighted by Gasteiger charge is 2.83. The van der Waals surface area contributed by atoms with E-state index < -0.39 is 6.09 Å². The second kappa shape index (κ2) is 12.3. The van der Waals surface area contributed by atoms with Crippen LogP contribution < -0.4 is 5.32 Å². The van der Waals surface area contributed by atoms with Crippen molar-refractivity contribution in [3.05, 3.63) is 0 Å². The zero-order valence-electron chi connectivity index (χ0n) is 30.7. The highest BCUT2D eigenvalue weighted by atomic mass is 16.6. The topological polar surface area (TPSA) is 107 Å². The lowest BCUT2D eigenvalue weighted by Gasteiger charge is -2.64. The lowest BCUT2D eigenvalue weighted by atomic mass is 9.41. The van der Waals surface area contributed by atoms with E-state index in [9.17, 15) is 14.7 Å². The van der Waals surface area contributed by atoms with Gasteiger partial charge in [0.2, 0.25) is 0 Å². The fraction of sp³-hybridized carbons (Fsp3) is 0.947. The lowest BCUT2D eigenvalue weighted by Crippen LogP contribution is -2.60. The van der Waals surface area contributed by atoms with Crippen LogP contribution in [0.15, 0.2) is 0 Å². The van der Waals surface area contributed by atoms with Crippen molar-refractivity contribution in [2.24, 2.45) is 56.7 Å². The van der Waals surface area contributed by atoms with E-state index in [0.29, 0.717) is 50.0 Å². The number of ether oxygens (including phenoxy) is 4. The van der Waals surface area contributed by atoms with E-state index in [-0.39, 0.29) is 63.5 Å². The number of nitrogens with one attached hydrogen (secondary N) is 1. The molecule has 47 heavy (non-hydrogen) atoms. The van der Waals surface area contributed by atoms with Crippen molar-refractivity contribution in [3.63, 3.8) is 0 Å². The molecule has 2 spiro atoms. The van der Waals surface area contributed by atoms with Crippen molar-refractivity contribution in [1.82, 2.24) is 10.2 Å². The Kier molecular flexibility index (Phi) is 9.25. The Bertz CT molecular complexity index is 1190. The smallest absolute Gasteiger partial charge is 0.410 e. The van der Waals surface area contributed by atoms with Gasteiger partial charge in [0.25, 0.3) is 0 Å². The van der Waals surface area contributed by atoms with Gasteiger partial charge in [-0.3, -0.25) is 0 Å². The Morgan fingerprint density at radius 3 is 2.28 bits per heavy atom. The second-order valence-corrected chi connectivity index (χ2v) is 17.9. The first-order valence-electron chi connectivity index (χ1n) is 18.8. The van der Waals surface area contributed by atoms with E-state index in [4.69, 9.17) is 18.9 Å². The van der Waals surface area contributed by atoms with Gasteiger partial charge in [-0.15, -0.1) is 0 Å². The Labute approximate surface area is 283 Å². The van der Waals surface area contributed by atoms with Crippen LogP contribution in [0.5, 0.6) is 0 Å². The maximum atomic E-state index is 13.2. The quantitative estimate of drug-likeness (QED) is 0.300. The number of hydrogen-bond donors (Lipinski definition) is 2. The van der Waals surface area contributed by atoms with Gasteiger partial charge in [0, 0.05) is 38.1 Å². The van der Waals surface area contributed by atoms with E-state index in [1.54, 1.807) is 14.2 Å². The van der Waals surface area contributed by atoms with Crippen LogP contribution in [0.1, 0.15) is 106 Å². The highest BCUT2D eigenvalue weighted by Crippen LogP contribution is 2.89. The number of amides is 2. The van der Waals surface area contributed by atoms with E-state index >= 15 is 0 Å². The summed E-state index contributed by atoms with van der Waals surface area (Å²) in [4.78, 5) is 27.2. The van der Waals surface area contributed by atoms with E-state index in [1.165, 1.54) is 12.8 Å². The summed E-state index contributed by atoms with van der Waals surface area (Å²) < 4.78 is 23.6. The van der Waals surface area contributed by atoms with Crippen LogP contribution in [0.3, 0.4) is 0 Å². The van der Waals surface area contributed by atoms with Gasteiger partial charge in [-0.1, -0.05) is 48.5 Å². The predicted octanol–water partition coefficient (Wildman–Crippen LogP) is 6.66. The van der Waals surface area contributed by atoms with Crippen LogP contribution in [0, 0.1) is 56.7 Å². The minimum atomic E-state index is -0.423. The van der Waals surface area contributed by atoms with Crippen LogP contribution in [0.4, 0.5) is 9.59 Å². The van der Waals surface area contributed by atoms with Gasteiger partial charge in [0.1, 0.15) is 12.2 Å². The van der Waals surface area contributed by atoms with Crippen LogP contribution >= 0.6 is 0 Å². The molecule has 1 heterocycles. The normalized spacial score (nSPS) is 43.8. The molecule has 12 atom stereocenters. The molecule has 5 saturated carbocycles. The molecule has 9 heteroatoms. The molecule has 7 unspecified atom stereocenters. The average Bonchev–Trinajstić information content (AvgIpc) is 3.66. The van der Waals surface area contributed by atoms with E-state index in [0.717, 1.165) is 44.9 Å². The van der Waals surface area contributed by atoms with Gasteiger partial charge in [0.15, 0.2) is 0 Å². The second-order valence-electron chi connectivity index (χ2n) is 17.9. The number of nitrogens with zero attached hydrogens (tertiary/aromatic N) is 1. The molecule has 0 bridgehead atoms. The number of aliphatic hydroxyl groups excluding tert-OH is 1. The molecule has 2 N–H and O–H groups in total. The van der Waals surface area contributed by atoms with Gasteiger partial charge < -0.3 is 34.3 Å². The van der Waals surface area contributed by atoms with Crippen molar-refractivity contribution < 1.29 is 33.6 Å². The average molecular weight is 661 g/mol. The number of carbonyl (C=O) groups excluding carboxylic acids is 2. The van der Waals surface area contributed by atoms with Gasteiger partial charge in [-0.2, -0.15) is 0 Å². The van der Waals surface area contributed by atoms with Crippen molar-refractivity contribution in [3.8, 4) is 0 Å². The molecule has 0 aromatic heterocycles. The minimum Gasteiger partial charge on any atom is -0.446 e. The molecule has 6 rings (SSSR count). The number of carbonyl (C=O) groups is 2. The number of alkyl carbamates (subject to hydrolysis) is 1. The van der Waals surface area contributed by atoms with Crippen LogP contribution in [-0.2, 0) is 18.9 Å². The van der Waals surface area contributed by atoms with Gasteiger partial charge in [-0.05, 0) is 104 Å². The Morgan fingerprint density at radius 2 is 1.64 bits per heavy atom. The van der Waals surface area contributed by atoms with Crippen LogP contribution in [-0.4, -0.2) is 87.1 Å². The third-order valence-corrected chi connectivity index (χ3v) is 15.8. The summed E-state index contributed by atoms with van der Waals surface area (Å²) in [7, 11) is 3.32. The fourth-order valence-corrected chi connectivity index (χ4v) is 13.1. The number of aliphatic hydroxyl groups is 1. The first-order valence-corrected chi connectivity index (χ1v) is 18.8. The van der Waals surface area contributed by atoms with Gasteiger partial charge >= 0.3 is 12.2 Å². The minimum absolute atomic E-state index is 0.0199. The molecule has 268 valence electrons. The molecular formula is C38H64N2O7. The Hall–Kier alpha value is -1.58. The van der Waals surface area contributed by atoms with Gasteiger partial charge in [-0.25, -0.2) is 9.59 Å². The monoisotopic (exact) mass is 660 g/mol. The first-order chi connectivity index (χ1) is 22.1. The highest BCUT2D eigenvalue weighted by molar-refractivity contribution is 5.68. The molecule has 0 aromatic carbocycles. The molecule has 0 aromatic rings. The maximum Gasteiger partial charge on any atom is 0.410 e. The third kappa shape index (κ3) is 5.16. The van der Waals surface area contributed by atoms with E-state index in [2.05, 4.69) is 53.8 Å². The van der Waals surface area contributed by atoms with Crippen molar-refractivity contribution >= 4 is 12.2 Å². The molecule has 9 nitrogen and oxygen atoms in total. The summed E-state index contributed by atoms with van der Waals surface area (Å²) >= 11 is 0. The summed E-state index contributed by atoms with van der Waals surface area (Å²) in [6.07, 6.45) is 8.03. The van der Waals surface area contributed by atoms with E-state index in [1.807, 2.05) is 4.90 Å². The fourth-order valence-electron chi connectivity index (χ4n) is 13.1. The maximum absolute atomic E-state index is 13.2. The number of methoxy groups -OCH3 is 1. The van der Waals surface area contributed by atoms with Gasteiger partial charge in [0.05, 0.1) is 25.4 Å². The summed E-state index contributed by atoms with van der Waals surface area (Å²) in [5.74, 6) is 1.82. The molecule has 2 amide bonds. The summed E-state index contributed by atoms with van der Waals surface area (Å²) in [5, 5.41) is 14.8. The standard InChI is InChI=1S/C38H64N2O7/c1-23(2)31(47-32(42)39-8)26(44-9)20-24(3)25-21-29(41)36(7)28-11-10-27-34(4,5)30(46-33(43)40-16-18-45-19-17-40)12-13-37(27)22-38(28,37)15-14-35(25,36)6/h23-31,41H,10-22H2,1-9H3,(H,39,42)/t24-,25-,26?,27+,28?,29+,30?,31?,35?,36-,37?,38?/m1/s1. The number of rotatable bonds is 8. The summed E-state index contributed by atoms with van der Waals surface area (Å²) in [5.41, 5.74) is 0.352. The zero-order valence-corrected chi connectivity index (χ0v) is 30.7. The third-order valence-electron chi connectivity index (χ3n) is 15.8. The molecular weight excluding hydrogens is 596 g/mol. The molecule has 6 fully saturated rings. The predicted molar refractivity (Wildman–Crippen MR) is 180 cm³/mol. The SMILES string of the molecule is CNC(=O)OC(C(C)C)C(C[C@@H](C)[C@H]1C[C@H](O)[C@@]2(C)C3CC[C@H]4C(C)(C)C(OC(=O)N5CCOCC5)CCC45CC35CCC12C)OC. The summed E-state index contributed by atoms with van der Waals surface area (Å²) in [6.45, 7) is 18.5. The Morgan fingerprint density at radius 1 is 0.979 bits per heavy atom. The van der Waals surface area contributed by atoms with Crippen molar-refractivity contribution in [1.29, 1.82) is 0 Å². The molecule has 1 aliphatic heterocycles. The van der Waals surface area contributed by atoms with Crippen LogP contribution in [0.2, 0.25) is 0 Å². The molecule has 5 aliphatic carbocycles. The van der Waals surface area contributed by atoms with Crippen LogP contribution in [0.25, 0.3) is 0 Å².